The molecule has 0 bridgehead atoms. The molecule has 0 aromatic carbocycles. The first-order valence-corrected chi connectivity index (χ1v) is 5.85. The van der Waals surface area contributed by atoms with E-state index in [-0.39, 0.29) is 6.04 Å². The molecule has 1 fully saturated rings. The fourth-order valence-electron chi connectivity index (χ4n) is 1.89. The minimum atomic E-state index is 0.159. The standard InChI is InChI=1S/C11H19N3O2/c1-9(2)3-4-14-5-6-15-7-10(14)11-12-8-16-13-11/h8-10H,3-7H2,1-2H3/t10-/m1/s1. The molecular weight excluding hydrogens is 206 g/mol. The number of rotatable bonds is 4. The van der Waals surface area contributed by atoms with Crippen LogP contribution in [-0.2, 0) is 4.74 Å². The Morgan fingerprint density at radius 1 is 1.56 bits per heavy atom. The first-order chi connectivity index (χ1) is 7.77. The molecule has 1 aromatic heterocycles. The highest BCUT2D eigenvalue weighted by Crippen LogP contribution is 2.21. The van der Waals surface area contributed by atoms with Crippen molar-refractivity contribution in [2.75, 3.05) is 26.3 Å². The SMILES string of the molecule is CC(C)CCN1CCOC[C@@H]1c1ncon1. The Kier molecular flexibility index (Phi) is 3.90. The van der Waals surface area contributed by atoms with Crippen LogP contribution in [0.5, 0.6) is 0 Å². The highest BCUT2D eigenvalue weighted by molar-refractivity contribution is 4.93. The lowest BCUT2D eigenvalue weighted by molar-refractivity contribution is -0.0141. The number of aromatic nitrogens is 2. The summed E-state index contributed by atoms with van der Waals surface area (Å²) in [7, 11) is 0. The van der Waals surface area contributed by atoms with Gasteiger partial charge in [0, 0.05) is 6.54 Å². The number of hydrogen-bond donors (Lipinski definition) is 0. The van der Waals surface area contributed by atoms with Crippen molar-refractivity contribution >= 4 is 0 Å². The second kappa shape index (κ2) is 5.41. The van der Waals surface area contributed by atoms with Crippen LogP contribution in [0.2, 0.25) is 0 Å². The number of hydrogen-bond acceptors (Lipinski definition) is 5. The summed E-state index contributed by atoms with van der Waals surface area (Å²) in [6.45, 7) is 7.96. The van der Waals surface area contributed by atoms with Crippen LogP contribution >= 0.6 is 0 Å². The molecule has 0 radical (unpaired) electrons. The molecule has 5 heteroatoms. The van der Waals surface area contributed by atoms with Gasteiger partial charge in [-0.25, -0.2) is 0 Å². The first-order valence-electron chi connectivity index (χ1n) is 5.85. The summed E-state index contributed by atoms with van der Waals surface area (Å²) in [4.78, 5) is 6.50. The van der Waals surface area contributed by atoms with E-state index in [1.165, 1.54) is 12.8 Å². The molecule has 1 aromatic rings. The van der Waals surface area contributed by atoms with E-state index in [9.17, 15) is 0 Å². The summed E-state index contributed by atoms with van der Waals surface area (Å²) in [6, 6.07) is 0.159. The van der Waals surface area contributed by atoms with Crippen LogP contribution in [0.15, 0.2) is 10.9 Å². The molecule has 90 valence electrons. The van der Waals surface area contributed by atoms with E-state index in [1.807, 2.05) is 0 Å². The molecule has 1 aliphatic rings. The van der Waals surface area contributed by atoms with Crippen molar-refractivity contribution in [1.82, 2.24) is 15.0 Å². The van der Waals surface area contributed by atoms with Crippen molar-refractivity contribution in [3.63, 3.8) is 0 Å². The van der Waals surface area contributed by atoms with Crippen LogP contribution in [0.1, 0.15) is 32.1 Å². The Labute approximate surface area is 95.8 Å². The van der Waals surface area contributed by atoms with Crippen molar-refractivity contribution in [3.8, 4) is 0 Å². The molecule has 1 atom stereocenters. The lowest BCUT2D eigenvalue weighted by Gasteiger charge is -2.33. The minimum absolute atomic E-state index is 0.159. The van der Waals surface area contributed by atoms with Crippen LogP contribution in [0, 0.1) is 5.92 Å². The van der Waals surface area contributed by atoms with E-state index < -0.39 is 0 Å². The van der Waals surface area contributed by atoms with Crippen molar-refractivity contribution in [2.45, 2.75) is 26.3 Å². The Morgan fingerprint density at radius 3 is 3.12 bits per heavy atom. The van der Waals surface area contributed by atoms with E-state index >= 15 is 0 Å². The van der Waals surface area contributed by atoms with Crippen LogP contribution in [-0.4, -0.2) is 41.3 Å². The van der Waals surface area contributed by atoms with Crippen LogP contribution in [0.4, 0.5) is 0 Å². The smallest absolute Gasteiger partial charge is 0.213 e. The van der Waals surface area contributed by atoms with Gasteiger partial charge in [-0.3, -0.25) is 4.90 Å². The van der Waals surface area contributed by atoms with E-state index in [4.69, 9.17) is 9.26 Å². The molecule has 5 nitrogen and oxygen atoms in total. The Hall–Kier alpha value is -0.940. The van der Waals surface area contributed by atoms with Crippen molar-refractivity contribution in [1.29, 1.82) is 0 Å². The molecule has 2 rings (SSSR count). The monoisotopic (exact) mass is 225 g/mol. The predicted molar refractivity (Wildman–Crippen MR) is 58.9 cm³/mol. The lowest BCUT2D eigenvalue weighted by Crippen LogP contribution is -2.40. The zero-order valence-electron chi connectivity index (χ0n) is 9.93. The summed E-state index contributed by atoms with van der Waals surface area (Å²) in [5.41, 5.74) is 0. The van der Waals surface area contributed by atoms with Crippen molar-refractivity contribution in [2.24, 2.45) is 5.92 Å². The number of nitrogens with zero attached hydrogens (tertiary/aromatic N) is 3. The molecule has 1 aliphatic heterocycles. The van der Waals surface area contributed by atoms with E-state index in [2.05, 4.69) is 28.9 Å². The summed E-state index contributed by atoms with van der Waals surface area (Å²) in [5, 5.41) is 3.91. The van der Waals surface area contributed by atoms with E-state index in [0.29, 0.717) is 12.5 Å². The Morgan fingerprint density at radius 2 is 2.44 bits per heavy atom. The van der Waals surface area contributed by atoms with Crippen LogP contribution < -0.4 is 0 Å². The molecular formula is C11H19N3O2. The highest BCUT2D eigenvalue weighted by atomic mass is 16.5. The summed E-state index contributed by atoms with van der Waals surface area (Å²) in [6.07, 6.45) is 2.57. The van der Waals surface area contributed by atoms with E-state index in [0.717, 1.165) is 25.5 Å². The molecule has 1 saturated heterocycles. The average molecular weight is 225 g/mol. The third-order valence-electron chi connectivity index (χ3n) is 2.91. The molecule has 0 saturated carbocycles. The van der Waals surface area contributed by atoms with E-state index in [1.54, 1.807) is 0 Å². The molecule has 16 heavy (non-hydrogen) atoms. The van der Waals surface area contributed by atoms with Gasteiger partial charge in [0.1, 0.15) is 0 Å². The fraction of sp³-hybridized carbons (Fsp3) is 0.818. The Balaban J connectivity index is 1.97. The maximum atomic E-state index is 5.48. The fourth-order valence-corrected chi connectivity index (χ4v) is 1.89. The summed E-state index contributed by atoms with van der Waals surface area (Å²) < 4.78 is 10.3. The molecule has 0 spiro atoms. The third kappa shape index (κ3) is 2.80. The van der Waals surface area contributed by atoms with Gasteiger partial charge in [-0.1, -0.05) is 19.0 Å². The maximum absolute atomic E-state index is 5.48. The normalized spacial score (nSPS) is 22.8. The van der Waals surface area contributed by atoms with Gasteiger partial charge >= 0.3 is 0 Å². The van der Waals surface area contributed by atoms with Gasteiger partial charge in [-0.05, 0) is 18.9 Å². The first kappa shape index (κ1) is 11.5. The molecule has 2 heterocycles. The third-order valence-corrected chi connectivity index (χ3v) is 2.91. The van der Waals surface area contributed by atoms with Crippen LogP contribution in [0.25, 0.3) is 0 Å². The van der Waals surface area contributed by atoms with Gasteiger partial charge in [0.2, 0.25) is 6.39 Å². The van der Waals surface area contributed by atoms with Gasteiger partial charge < -0.3 is 9.26 Å². The topological polar surface area (TPSA) is 51.4 Å². The van der Waals surface area contributed by atoms with Gasteiger partial charge in [0.25, 0.3) is 0 Å². The zero-order chi connectivity index (χ0) is 11.4. The van der Waals surface area contributed by atoms with Crippen molar-refractivity contribution in [3.05, 3.63) is 12.2 Å². The second-order valence-corrected chi connectivity index (χ2v) is 4.60. The van der Waals surface area contributed by atoms with Crippen molar-refractivity contribution < 1.29 is 9.26 Å². The molecule has 0 N–H and O–H groups in total. The van der Waals surface area contributed by atoms with Crippen LogP contribution in [0.3, 0.4) is 0 Å². The highest BCUT2D eigenvalue weighted by Gasteiger charge is 2.27. The average Bonchev–Trinajstić information content (AvgIpc) is 2.80. The van der Waals surface area contributed by atoms with Gasteiger partial charge in [-0.15, -0.1) is 0 Å². The summed E-state index contributed by atoms with van der Waals surface area (Å²) in [5.74, 6) is 1.46. The largest absolute Gasteiger partial charge is 0.378 e. The van der Waals surface area contributed by atoms with Gasteiger partial charge in [-0.2, -0.15) is 4.98 Å². The minimum Gasteiger partial charge on any atom is -0.378 e. The van der Waals surface area contributed by atoms with Gasteiger partial charge in [0.15, 0.2) is 5.82 Å². The maximum Gasteiger partial charge on any atom is 0.213 e. The quantitative estimate of drug-likeness (QED) is 0.777. The number of morpholine rings is 1. The molecule has 0 unspecified atom stereocenters. The molecule has 0 amide bonds. The summed E-state index contributed by atoms with van der Waals surface area (Å²) >= 11 is 0. The zero-order valence-corrected chi connectivity index (χ0v) is 9.93. The van der Waals surface area contributed by atoms with Gasteiger partial charge in [0.05, 0.1) is 19.3 Å². The predicted octanol–water partition coefficient (Wildman–Crippen LogP) is 1.49. The second-order valence-electron chi connectivity index (χ2n) is 4.60. The lowest BCUT2D eigenvalue weighted by atomic mass is 10.1. The molecule has 0 aliphatic carbocycles. The Bertz CT molecular complexity index is 300. The number of ether oxygens (including phenoxy) is 1.